The second-order valence-electron chi connectivity index (χ2n) is 5.37. The van der Waals surface area contributed by atoms with Crippen molar-refractivity contribution in [3.05, 3.63) is 53.6 Å². The first-order chi connectivity index (χ1) is 12.0. The number of nitrogens with zero attached hydrogens (tertiary/aromatic N) is 1. The van der Waals surface area contributed by atoms with Crippen molar-refractivity contribution in [1.82, 2.24) is 4.90 Å². The molecule has 2 aromatic rings. The van der Waals surface area contributed by atoms with Gasteiger partial charge in [0.05, 0.1) is 5.02 Å². The van der Waals surface area contributed by atoms with Gasteiger partial charge >= 0.3 is 0 Å². The molecule has 2 aromatic carbocycles. The number of amides is 2. The number of para-hydroxylation sites is 1. The van der Waals surface area contributed by atoms with Gasteiger partial charge in [-0.2, -0.15) is 0 Å². The molecule has 0 bridgehead atoms. The maximum Gasteiger partial charge on any atom is 0.262 e. The monoisotopic (exact) mass is 362 g/mol. The Bertz CT molecular complexity index is 732. The Hall–Kier alpha value is -2.73. The number of nitrogens with one attached hydrogen (secondary N) is 1. The molecule has 1 N–H and O–H groups in total. The Balaban J connectivity index is 1.81. The van der Waals surface area contributed by atoms with E-state index in [9.17, 15) is 9.59 Å². The lowest BCUT2D eigenvalue weighted by atomic mass is 10.3. The van der Waals surface area contributed by atoms with Crippen LogP contribution in [0, 0.1) is 0 Å². The van der Waals surface area contributed by atoms with Crippen LogP contribution in [0.3, 0.4) is 0 Å². The van der Waals surface area contributed by atoms with E-state index < -0.39 is 0 Å². The third-order valence-corrected chi connectivity index (χ3v) is 3.51. The molecule has 7 heteroatoms. The van der Waals surface area contributed by atoms with E-state index in [2.05, 4.69) is 5.32 Å². The lowest BCUT2D eigenvalue weighted by Gasteiger charge is -2.12. The topological polar surface area (TPSA) is 67.9 Å². The fraction of sp³-hybridized carbons (Fsp3) is 0.222. The fourth-order valence-electron chi connectivity index (χ4n) is 1.81. The van der Waals surface area contributed by atoms with E-state index in [4.69, 9.17) is 21.1 Å². The predicted molar refractivity (Wildman–Crippen MR) is 96.2 cm³/mol. The van der Waals surface area contributed by atoms with Crippen LogP contribution in [-0.2, 0) is 9.59 Å². The van der Waals surface area contributed by atoms with E-state index in [1.54, 1.807) is 62.6 Å². The highest BCUT2D eigenvalue weighted by atomic mass is 35.5. The highest BCUT2D eigenvalue weighted by molar-refractivity contribution is 6.32. The first kappa shape index (κ1) is 18.6. The minimum Gasteiger partial charge on any atom is -0.484 e. The molecule has 2 amide bonds. The molecule has 0 aliphatic carbocycles. The number of ether oxygens (including phenoxy) is 2. The molecule has 0 aliphatic rings. The van der Waals surface area contributed by atoms with Gasteiger partial charge in [-0.1, -0.05) is 23.7 Å². The molecule has 2 rings (SSSR count). The number of likely N-dealkylation sites (N-methyl/N-ethyl adjacent to an activating group) is 1. The molecule has 0 spiro atoms. The van der Waals surface area contributed by atoms with Gasteiger partial charge in [-0.15, -0.1) is 0 Å². The van der Waals surface area contributed by atoms with Crippen LogP contribution < -0.4 is 14.8 Å². The molecule has 0 unspecified atom stereocenters. The summed E-state index contributed by atoms with van der Waals surface area (Å²) in [5, 5.41) is 3.15. The first-order valence-electron chi connectivity index (χ1n) is 7.56. The minimum atomic E-state index is -0.309. The Morgan fingerprint density at radius 2 is 1.68 bits per heavy atom. The van der Waals surface area contributed by atoms with Crippen LogP contribution in [0.15, 0.2) is 48.5 Å². The summed E-state index contributed by atoms with van der Waals surface area (Å²) in [7, 11) is 3.32. The van der Waals surface area contributed by atoms with E-state index in [1.807, 2.05) is 0 Å². The van der Waals surface area contributed by atoms with Gasteiger partial charge in [-0.05, 0) is 36.4 Å². The summed E-state index contributed by atoms with van der Waals surface area (Å²) in [4.78, 5) is 24.8. The van der Waals surface area contributed by atoms with Gasteiger partial charge in [0, 0.05) is 19.8 Å². The third-order valence-electron chi connectivity index (χ3n) is 3.19. The van der Waals surface area contributed by atoms with Crippen molar-refractivity contribution < 1.29 is 19.1 Å². The standard InChI is InChI=1S/C18H19ClN2O4/c1-21(2)18(23)12-24-14-9-7-13(8-10-14)20-17(22)11-25-16-6-4-3-5-15(16)19/h3-10H,11-12H2,1-2H3,(H,20,22). The van der Waals surface area contributed by atoms with E-state index in [0.29, 0.717) is 22.2 Å². The van der Waals surface area contributed by atoms with Crippen LogP contribution in [-0.4, -0.2) is 44.0 Å². The average Bonchev–Trinajstić information content (AvgIpc) is 2.60. The van der Waals surface area contributed by atoms with Gasteiger partial charge in [0.25, 0.3) is 11.8 Å². The zero-order valence-corrected chi connectivity index (χ0v) is 14.7. The molecule has 6 nitrogen and oxygen atoms in total. The summed E-state index contributed by atoms with van der Waals surface area (Å²) in [6, 6.07) is 13.7. The molecule has 0 saturated carbocycles. The summed E-state index contributed by atoms with van der Waals surface area (Å²) < 4.78 is 10.7. The Morgan fingerprint density at radius 3 is 2.32 bits per heavy atom. The van der Waals surface area contributed by atoms with E-state index in [-0.39, 0.29) is 25.0 Å². The van der Waals surface area contributed by atoms with Crippen LogP contribution in [0.4, 0.5) is 5.69 Å². The number of rotatable bonds is 7. The quantitative estimate of drug-likeness (QED) is 0.822. The second kappa shape index (κ2) is 8.94. The van der Waals surface area contributed by atoms with E-state index in [1.165, 1.54) is 4.90 Å². The van der Waals surface area contributed by atoms with Crippen LogP contribution in [0.1, 0.15) is 0 Å². The number of anilines is 1. The summed E-state index contributed by atoms with van der Waals surface area (Å²) in [6.45, 7) is -0.191. The molecule has 0 aromatic heterocycles. The third kappa shape index (κ3) is 6.00. The molecule has 0 atom stereocenters. The van der Waals surface area contributed by atoms with E-state index in [0.717, 1.165) is 0 Å². The van der Waals surface area contributed by atoms with Crippen molar-refractivity contribution in [3.8, 4) is 11.5 Å². The normalized spacial score (nSPS) is 10.0. The zero-order chi connectivity index (χ0) is 18.2. The van der Waals surface area contributed by atoms with Gasteiger partial charge in [-0.25, -0.2) is 0 Å². The van der Waals surface area contributed by atoms with Crippen molar-refractivity contribution in [2.24, 2.45) is 0 Å². The maximum atomic E-state index is 11.9. The Kier molecular flexibility index (Phi) is 6.65. The Labute approximate surface area is 151 Å². The SMILES string of the molecule is CN(C)C(=O)COc1ccc(NC(=O)COc2ccccc2Cl)cc1. The largest absolute Gasteiger partial charge is 0.484 e. The molecular formula is C18H19ClN2O4. The summed E-state index contributed by atoms with van der Waals surface area (Å²) in [6.07, 6.45) is 0. The molecule has 0 saturated heterocycles. The first-order valence-corrected chi connectivity index (χ1v) is 7.93. The van der Waals surface area contributed by atoms with Gasteiger partial charge in [0.1, 0.15) is 11.5 Å². The molecule has 0 radical (unpaired) electrons. The number of carbonyl (C=O) groups is 2. The molecule has 0 fully saturated rings. The number of benzene rings is 2. The lowest BCUT2D eigenvalue weighted by Crippen LogP contribution is -2.27. The zero-order valence-electron chi connectivity index (χ0n) is 14.0. The van der Waals surface area contributed by atoms with Crippen molar-refractivity contribution in [2.45, 2.75) is 0 Å². The minimum absolute atomic E-state index is 0.0373. The van der Waals surface area contributed by atoms with Crippen molar-refractivity contribution >= 4 is 29.1 Å². The number of hydrogen-bond acceptors (Lipinski definition) is 4. The van der Waals surface area contributed by atoms with E-state index >= 15 is 0 Å². The molecule has 0 heterocycles. The van der Waals surface area contributed by atoms with Gasteiger partial charge in [-0.3, -0.25) is 9.59 Å². The molecule has 25 heavy (non-hydrogen) atoms. The predicted octanol–water partition coefficient (Wildman–Crippen LogP) is 2.82. The van der Waals surface area contributed by atoms with Crippen LogP contribution in [0.5, 0.6) is 11.5 Å². The molecular weight excluding hydrogens is 344 g/mol. The van der Waals surface area contributed by atoms with Gasteiger partial charge in [0.2, 0.25) is 0 Å². The summed E-state index contributed by atoms with van der Waals surface area (Å²) in [5.41, 5.74) is 0.596. The van der Waals surface area contributed by atoms with Crippen molar-refractivity contribution in [2.75, 3.05) is 32.6 Å². The van der Waals surface area contributed by atoms with Crippen molar-refractivity contribution in [3.63, 3.8) is 0 Å². The molecule has 132 valence electrons. The highest BCUT2D eigenvalue weighted by Crippen LogP contribution is 2.23. The molecule has 0 aliphatic heterocycles. The maximum absolute atomic E-state index is 11.9. The van der Waals surface area contributed by atoms with Gasteiger partial charge in [0.15, 0.2) is 13.2 Å². The number of carbonyl (C=O) groups excluding carboxylic acids is 2. The van der Waals surface area contributed by atoms with Crippen LogP contribution >= 0.6 is 11.6 Å². The highest BCUT2D eigenvalue weighted by Gasteiger charge is 2.07. The van der Waals surface area contributed by atoms with Gasteiger partial charge < -0.3 is 19.7 Å². The second-order valence-corrected chi connectivity index (χ2v) is 5.78. The van der Waals surface area contributed by atoms with Crippen LogP contribution in [0.2, 0.25) is 5.02 Å². The van der Waals surface area contributed by atoms with Crippen molar-refractivity contribution in [1.29, 1.82) is 0 Å². The number of hydrogen-bond donors (Lipinski definition) is 1. The summed E-state index contributed by atoms with van der Waals surface area (Å²) >= 11 is 5.96. The summed E-state index contributed by atoms with van der Waals surface area (Å²) in [5.74, 6) is 0.555. The smallest absolute Gasteiger partial charge is 0.262 e. The average molecular weight is 363 g/mol. The Morgan fingerprint density at radius 1 is 1.00 bits per heavy atom. The van der Waals surface area contributed by atoms with Crippen LogP contribution in [0.25, 0.3) is 0 Å². The lowest BCUT2D eigenvalue weighted by molar-refractivity contribution is -0.130. The fourth-order valence-corrected chi connectivity index (χ4v) is 2.00. The number of halogens is 1.